The van der Waals surface area contributed by atoms with Gasteiger partial charge in [-0.3, -0.25) is 10.1 Å². The molecular weight excluding hydrogens is 304 g/mol. The Morgan fingerprint density at radius 2 is 1.67 bits per heavy atom. The molecule has 24 heavy (non-hydrogen) atoms. The van der Waals surface area contributed by atoms with Crippen LogP contribution >= 0.6 is 0 Å². The van der Waals surface area contributed by atoms with Gasteiger partial charge in [0.25, 0.3) is 5.69 Å². The van der Waals surface area contributed by atoms with Gasteiger partial charge in [0.2, 0.25) is 0 Å². The molecule has 5 heteroatoms. The van der Waals surface area contributed by atoms with Crippen molar-refractivity contribution in [1.82, 2.24) is 0 Å². The van der Waals surface area contributed by atoms with Gasteiger partial charge in [-0.05, 0) is 40.5 Å². The molecule has 1 aliphatic heterocycles. The van der Waals surface area contributed by atoms with Crippen molar-refractivity contribution in [1.29, 1.82) is 0 Å². The van der Waals surface area contributed by atoms with Gasteiger partial charge in [-0.2, -0.15) is 0 Å². The van der Waals surface area contributed by atoms with Crippen LogP contribution in [0.2, 0.25) is 0 Å². The minimum atomic E-state index is -0.321. The zero-order valence-electron chi connectivity index (χ0n) is 13.9. The molecule has 2 aromatic carbocycles. The first-order valence-electron chi connectivity index (χ1n) is 8.25. The summed E-state index contributed by atoms with van der Waals surface area (Å²) in [5, 5.41) is 11.1. The van der Waals surface area contributed by atoms with Gasteiger partial charge >= 0.3 is 0 Å². The number of benzene rings is 2. The van der Waals surface area contributed by atoms with Gasteiger partial charge < -0.3 is 9.64 Å². The third kappa shape index (κ3) is 2.19. The summed E-state index contributed by atoms with van der Waals surface area (Å²) in [5.74, 6) is 0. The third-order valence-corrected chi connectivity index (χ3v) is 5.23. The van der Waals surface area contributed by atoms with Gasteiger partial charge in [0.15, 0.2) is 0 Å². The summed E-state index contributed by atoms with van der Waals surface area (Å²) in [6, 6.07) is 11.8. The van der Waals surface area contributed by atoms with E-state index in [1.54, 1.807) is 12.1 Å². The van der Waals surface area contributed by atoms with Gasteiger partial charge in [-0.15, -0.1) is 0 Å². The fourth-order valence-electron chi connectivity index (χ4n) is 3.85. The van der Waals surface area contributed by atoms with Crippen LogP contribution in [0.5, 0.6) is 0 Å². The van der Waals surface area contributed by atoms with Crippen molar-refractivity contribution >= 4 is 11.4 Å². The quantitative estimate of drug-likeness (QED) is 0.624. The smallest absolute Gasteiger partial charge is 0.269 e. The molecule has 124 valence electrons. The Bertz CT molecular complexity index is 823. The van der Waals surface area contributed by atoms with Crippen molar-refractivity contribution in [2.45, 2.75) is 19.3 Å². The Hall–Kier alpha value is -2.40. The summed E-state index contributed by atoms with van der Waals surface area (Å²) in [5.41, 5.74) is 5.68. The summed E-state index contributed by atoms with van der Waals surface area (Å²) >= 11 is 0. The Balaban J connectivity index is 1.81. The molecule has 1 fully saturated rings. The lowest BCUT2D eigenvalue weighted by Gasteiger charge is -2.30. The third-order valence-electron chi connectivity index (χ3n) is 5.23. The van der Waals surface area contributed by atoms with Gasteiger partial charge in [-0.25, -0.2) is 0 Å². The second-order valence-electron chi connectivity index (χ2n) is 6.94. The van der Waals surface area contributed by atoms with Crippen LogP contribution < -0.4 is 4.90 Å². The van der Waals surface area contributed by atoms with Gasteiger partial charge in [0.1, 0.15) is 0 Å². The van der Waals surface area contributed by atoms with E-state index in [0.717, 1.165) is 37.4 Å². The number of morpholine rings is 1. The first kappa shape index (κ1) is 15.1. The molecule has 1 aliphatic carbocycles. The first-order chi connectivity index (χ1) is 11.5. The van der Waals surface area contributed by atoms with Crippen LogP contribution in [0.4, 0.5) is 11.4 Å². The fourth-order valence-corrected chi connectivity index (χ4v) is 3.85. The molecule has 0 saturated carbocycles. The number of nitro benzene ring substituents is 1. The maximum absolute atomic E-state index is 11.1. The SMILES string of the molecule is CC1(C)c2cc(N3CCOCC3)ccc2-c2ccc([N+](=O)[O-])cc21. The summed E-state index contributed by atoms with van der Waals surface area (Å²) < 4.78 is 5.44. The molecule has 0 amide bonds. The highest BCUT2D eigenvalue weighted by Crippen LogP contribution is 2.50. The van der Waals surface area contributed by atoms with Crippen molar-refractivity contribution in [3.63, 3.8) is 0 Å². The number of hydrogen-bond acceptors (Lipinski definition) is 4. The highest BCUT2D eigenvalue weighted by atomic mass is 16.6. The number of nitrogens with zero attached hydrogens (tertiary/aromatic N) is 2. The van der Waals surface area contributed by atoms with E-state index in [-0.39, 0.29) is 16.0 Å². The van der Waals surface area contributed by atoms with E-state index in [0.29, 0.717) is 0 Å². The van der Waals surface area contributed by atoms with Gasteiger partial charge in [0.05, 0.1) is 18.1 Å². The number of anilines is 1. The molecule has 2 aliphatic rings. The van der Waals surface area contributed by atoms with E-state index in [4.69, 9.17) is 4.74 Å². The highest BCUT2D eigenvalue weighted by molar-refractivity contribution is 5.83. The summed E-state index contributed by atoms with van der Waals surface area (Å²) in [4.78, 5) is 13.2. The van der Waals surface area contributed by atoms with E-state index in [1.807, 2.05) is 6.07 Å². The number of ether oxygens (including phenoxy) is 1. The fraction of sp³-hybridized carbons (Fsp3) is 0.368. The van der Waals surface area contributed by atoms with Crippen molar-refractivity contribution in [2.24, 2.45) is 0 Å². The van der Waals surface area contributed by atoms with E-state index in [9.17, 15) is 10.1 Å². The van der Waals surface area contributed by atoms with Crippen LogP contribution in [0.3, 0.4) is 0 Å². The number of fused-ring (bicyclic) bond motifs is 3. The Morgan fingerprint density at radius 3 is 2.33 bits per heavy atom. The zero-order valence-corrected chi connectivity index (χ0v) is 13.9. The molecule has 1 heterocycles. The Kier molecular flexibility index (Phi) is 3.35. The lowest BCUT2D eigenvalue weighted by Crippen LogP contribution is -2.36. The van der Waals surface area contributed by atoms with Crippen LogP contribution in [0, 0.1) is 10.1 Å². The lowest BCUT2D eigenvalue weighted by atomic mass is 9.82. The summed E-state index contributed by atoms with van der Waals surface area (Å²) in [6.45, 7) is 7.60. The van der Waals surface area contributed by atoms with Crippen molar-refractivity contribution < 1.29 is 9.66 Å². The predicted octanol–water partition coefficient (Wildman–Crippen LogP) is 3.74. The molecule has 0 aromatic heterocycles. The largest absolute Gasteiger partial charge is 0.378 e. The molecule has 0 N–H and O–H groups in total. The molecule has 5 nitrogen and oxygen atoms in total. The monoisotopic (exact) mass is 324 g/mol. The van der Waals surface area contributed by atoms with Crippen LogP contribution in [0.1, 0.15) is 25.0 Å². The highest BCUT2D eigenvalue weighted by Gasteiger charge is 2.37. The number of nitro groups is 1. The predicted molar refractivity (Wildman–Crippen MR) is 93.7 cm³/mol. The summed E-state index contributed by atoms with van der Waals surface area (Å²) in [7, 11) is 0. The second kappa shape index (κ2) is 5.31. The van der Waals surface area contributed by atoms with Crippen molar-refractivity contribution in [2.75, 3.05) is 31.2 Å². The van der Waals surface area contributed by atoms with Crippen molar-refractivity contribution in [3.8, 4) is 11.1 Å². The van der Waals surface area contributed by atoms with E-state index < -0.39 is 0 Å². The van der Waals surface area contributed by atoms with Crippen LogP contribution in [-0.4, -0.2) is 31.2 Å². The maximum atomic E-state index is 11.1. The van der Waals surface area contributed by atoms with Crippen LogP contribution in [0.15, 0.2) is 36.4 Å². The molecule has 0 bridgehead atoms. The number of non-ortho nitro benzene ring substituents is 1. The normalized spacial score (nSPS) is 18.2. The minimum absolute atomic E-state index is 0.156. The Morgan fingerprint density at radius 1 is 1.04 bits per heavy atom. The Labute approximate surface area is 141 Å². The van der Waals surface area contributed by atoms with E-state index >= 15 is 0 Å². The molecular formula is C19H20N2O3. The standard InChI is InChI=1S/C19H20N2O3/c1-19(2)17-11-13(20-7-9-24-10-8-20)3-5-15(17)16-6-4-14(21(22)23)12-18(16)19/h3-6,11-12H,7-10H2,1-2H3. The molecule has 4 rings (SSSR count). The van der Waals surface area contributed by atoms with Crippen LogP contribution in [0.25, 0.3) is 11.1 Å². The van der Waals surface area contributed by atoms with E-state index in [1.165, 1.54) is 16.8 Å². The number of rotatable bonds is 2. The molecule has 0 radical (unpaired) electrons. The minimum Gasteiger partial charge on any atom is -0.378 e. The number of hydrogen-bond donors (Lipinski definition) is 0. The molecule has 2 aromatic rings. The summed E-state index contributed by atoms with van der Waals surface area (Å²) in [6.07, 6.45) is 0. The average molecular weight is 324 g/mol. The molecule has 0 atom stereocenters. The van der Waals surface area contributed by atoms with Gasteiger partial charge in [-0.1, -0.05) is 19.9 Å². The second-order valence-corrected chi connectivity index (χ2v) is 6.94. The lowest BCUT2D eigenvalue weighted by molar-refractivity contribution is -0.384. The maximum Gasteiger partial charge on any atom is 0.269 e. The van der Waals surface area contributed by atoms with Crippen LogP contribution in [-0.2, 0) is 10.2 Å². The topological polar surface area (TPSA) is 55.6 Å². The zero-order chi connectivity index (χ0) is 16.9. The molecule has 0 unspecified atom stereocenters. The first-order valence-corrected chi connectivity index (χ1v) is 8.25. The molecule has 1 saturated heterocycles. The van der Waals surface area contributed by atoms with Gasteiger partial charge in [0, 0.05) is 36.3 Å². The molecule has 0 spiro atoms. The average Bonchev–Trinajstić information content (AvgIpc) is 2.83. The van der Waals surface area contributed by atoms with E-state index in [2.05, 4.69) is 36.9 Å². The van der Waals surface area contributed by atoms with Crippen molar-refractivity contribution in [3.05, 3.63) is 57.6 Å².